The van der Waals surface area contributed by atoms with Crippen molar-refractivity contribution in [3.63, 3.8) is 0 Å². The maximum absolute atomic E-state index is 13.3. The summed E-state index contributed by atoms with van der Waals surface area (Å²) in [6.07, 6.45) is 2.05. The zero-order valence-electron chi connectivity index (χ0n) is 8.26. The van der Waals surface area contributed by atoms with E-state index in [1.807, 2.05) is 6.07 Å². The molecule has 1 saturated carbocycles. The minimum atomic E-state index is -0.398. The largest absolute Gasteiger partial charge is 0.444 e. The molecule has 2 nitrogen and oxygen atoms in total. The molecule has 1 aliphatic carbocycles. The molecule has 1 fully saturated rings. The third-order valence-corrected chi connectivity index (χ3v) is 3.12. The van der Waals surface area contributed by atoms with Crippen LogP contribution in [-0.2, 0) is 0 Å². The molecular weight excluding hydrogens is 229 g/mol. The van der Waals surface area contributed by atoms with Gasteiger partial charge in [-0.2, -0.15) is 5.26 Å². The predicted octanol–water partition coefficient (Wildman–Crippen LogP) is 3.97. The van der Waals surface area contributed by atoms with Gasteiger partial charge in [0.05, 0.1) is 5.02 Å². The van der Waals surface area contributed by atoms with Gasteiger partial charge in [-0.3, -0.25) is 0 Å². The van der Waals surface area contributed by atoms with Crippen molar-refractivity contribution < 1.29 is 8.81 Å². The molecular formula is C12H7ClFNO. The lowest BCUT2D eigenvalue weighted by Crippen LogP contribution is -1.82. The van der Waals surface area contributed by atoms with Crippen molar-refractivity contribution in [3.05, 3.63) is 34.3 Å². The summed E-state index contributed by atoms with van der Waals surface area (Å²) in [5.41, 5.74) is 1.24. The third kappa shape index (κ3) is 1.30. The molecule has 0 amide bonds. The second kappa shape index (κ2) is 3.23. The summed E-state index contributed by atoms with van der Waals surface area (Å²) in [5, 5.41) is 9.84. The van der Waals surface area contributed by atoms with Crippen LogP contribution in [0.4, 0.5) is 4.39 Å². The average molecular weight is 236 g/mol. The first-order valence-corrected chi connectivity index (χ1v) is 5.40. The summed E-state index contributed by atoms with van der Waals surface area (Å²) in [4.78, 5) is 0. The van der Waals surface area contributed by atoms with E-state index in [0.717, 1.165) is 18.4 Å². The van der Waals surface area contributed by atoms with E-state index >= 15 is 0 Å². The van der Waals surface area contributed by atoms with Gasteiger partial charge in [-0.1, -0.05) is 11.6 Å². The highest BCUT2D eigenvalue weighted by Crippen LogP contribution is 2.47. The lowest BCUT2D eigenvalue weighted by atomic mass is 10.1. The lowest BCUT2D eigenvalue weighted by molar-refractivity contribution is 0.591. The van der Waals surface area contributed by atoms with Crippen LogP contribution in [0.15, 0.2) is 16.5 Å². The summed E-state index contributed by atoms with van der Waals surface area (Å²) < 4.78 is 18.6. The smallest absolute Gasteiger partial charge is 0.208 e. The van der Waals surface area contributed by atoms with Crippen molar-refractivity contribution in [2.75, 3.05) is 0 Å². The number of halogens is 2. The van der Waals surface area contributed by atoms with E-state index in [4.69, 9.17) is 21.3 Å². The summed E-state index contributed by atoms with van der Waals surface area (Å²) in [5.74, 6) is 0.198. The Morgan fingerprint density at radius 1 is 1.44 bits per heavy atom. The minimum Gasteiger partial charge on any atom is -0.444 e. The summed E-state index contributed by atoms with van der Waals surface area (Å²) >= 11 is 5.89. The zero-order valence-corrected chi connectivity index (χ0v) is 9.01. The van der Waals surface area contributed by atoms with Gasteiger partial charge in [-0.05, 0) is 30.9 Å². The number of fused-ring (bicyclic) bond motifs is 1. The second-order valence-corrected chi connectivity index (χ2v) is 4.40. The molecule has 0 bridgehead atoms. The summed E-state index contributed by atoms with van der Waals surface area (Å²) in [6, 6.07) is 4.59. The highest BCUT2D eigenvalue weighted by molar-refractivity contribution is 6.35. The second-order valence-electron chi connectivity index (χ2n) is 4.00. The van der Waals surface area contributed by atoms with Crippen LogP contribution >= 0.6 is 11.6 Å². The van der Waals surface area contributed by atoms with Gasteiger partial charge in [0.25, 0.3) is 0 Å². The number of furan rings is 1. The fourth-order valence-electron chi connectivity index (χ4n) is 2.00. The third-order valence-electron chi connectivity index (χ3n) is 2.83. The van der Waals surface area contributed by atoms with Crippen molar-refractivity contribution >= 4 is 22.6 Å². The molecule has 0 atom stereocenters. The van der Waals surface area contributed by atoms with Gasteiger partial charge in [-0.25, -0.2) is 4.39 Å². The van der Waals surface area contributed by atoms with E-state index in [1.54, 1.807) is 0 Å². The maximum Gasteiger partial charge on any atom is 0.208 e. The molecule has 0 N–H and O–H groups in total. The van der Waals surface area contributed by atoms with E-state index in [9.17, 15) is 4.39 Å². The highest BCUT2D eigenvalue weighted by Gasteiger charge is 2.31. The molecule has 0 spiro atoms. The van der Waals surface area contributed by atoms with E-state index in [1.165, 1.54) is 12.1 Å². The molecule has 0 unspecified atom stereocenters. The summed E-state index contributed by atoms with van der Waals surface area (Å²) in [6.45, 7) is 0. The van der Waals surface area contributed by atoms with Crippen molar-refractivity contribution in [1.82, 2.24) is 0 Å². The molecule has 3 rings (SSSR count). The van der Waals surface area contributed by atoms with Crippen LogP contribution < -0.4 is 0 Å². The Kier molecular flexibility index (Phi) is 1.95. The summed E-state index contributed by atoms with van der Waals surface area (Å²) in [7, 11) is 0. The van der Waals surface area contributed by atoms with Gasteiger partial charge < -0.3 is 4.42 Å². The first-order chi connectivity index (χ1) is 7.70. The van der Waals surface area contributed by atoms with E-state index in [-0.39, 0.29) is 10.8 Å². The molecule has 4 heteroatoms. The lowest BCUT2D eigenvalue weighted by Gasteiger charge is -1.95. The van der Waals surface area contributed by atoms with Crippen LogP contribution in [0.5, 0.6) is 0 Å². The number of rotatable bonds is 1. The molecule has 16 heavy (non-hydrogen) atoms. The fraction of sp³-hybridized carbons (Fsp3) is 0.250. The molecule has 0 saturated heterocycles. The SMILES string of the molecule is N#Cc1oc2c(Cl)cc(F)cc2c1C1CC1. The zero-order chi connectivity index (χ0) is 11.3. The van der Waals surface area contributed by atoms with Crippen LogP contribution in [-0.4, -0.2) is 0 Å². The quantitative estimate of drug-likeness (QED) is 0.750. The number of nitrogens with zero attached hydrogens (tertiary/aromatic N) is 1. The Balaban J connectivity index is 2.40. The monoisotopic (exact) mass is 235 g/mol. The van der Waals surface area contributed by atoms with Crippen molar-refractivity contribution in [2.45, 2.75) is 18.8 Å². The van der Waals surface area contributed by atoms with Crippen molar-refractivity contribution in [2.24, 2.45) is 0 Å². The fourth-order valence-corrected chi connectivity index (χ4v) is 2.25. The number of hydrogen-bond acceptors (Lipinski definition) is 2. The number of nitriles is 1. The standard InChI is InChI=1S/C12H7ClFNO/c13-9-4-7(14)3-8-11(6-1-2-6)10(5-15)16-12(8)9/h3-4,6H,1-2H2. The molecule has 80 valence electrons. The molecule has 1 heterocycles. The van der Waals surface area contributed by atoms with Crippen LogP contribution in [0, 0.1) is 17.1 Å². The number of hydrogen-bond donors (Lipinski definition) is 0. The average Bonchev–Trinajstić information content (AvgIpc) is 3.00. The van der Waals surface area contributed by atoms with E-state index < -0.39 is 5.82 Å². The van der Waals surface area contributed by atoms with Crippen molar-refractivity contribution in [1.29, 1.82) is 5.26 Å². The Morgan fingerprint density at radius 2 is 2.19 bits per heavy atom. The Labute approximate surface area is 96.2 Å². The first-order valence-electron chi connectivity index (χ1n) is 5.02. The topological polar surface area (TPSA) is 36.9 Å². The van der Waals surface area contributed by atoms with E-state index in [2.05, 4.69) is 0 Å². The maximum atomic E-state index is 13.3. The van der Waals surface area contributed by atoms with Gasteiger partial charge in [0.2, 0.25) is 5.76 Å². The van der Waals surface area contributed by atoms with E-state index in [0.29, 0.717) is 16.9 Å². The Bertz CT molecular complexity index is 622. The Morgan fingerprint density at radius 3 is 2.81 bits per heavy atom. The van der Waals surface area contributed by atoms with Gasteiger partial charge in [0, 0.05) is 10.9 Å². The first kappa shape index (κ1) is 9.68. The normalized spacial score (nSPS) is 15.3. The van der Waals surface area contributed by atoms with Crippen molar-refractivity contribution in [3.8, 4) is 6.07 Å². The minimum absolute atomic E-state index is 0.221. The van der Waals surface area contributed by atoms with Crippen LogP contribution in [0.2, 0.25) is 5.02 Å². The van der Waals surface area contributed by atoms with Gasteiger partial charge in [0.1, 0.15) is 11.9 Å². The molecule has 1 aromatic heterocycles. The highest BCUT2D eigenvalue weighted by atomic mass is 35.5. The predicted molar refractivity (Wildman–Crippen MR) is 57.9 cm³/mol. The number of benzene rings is 1. The molecule has 2 aromatic rings. The molecule has 1 aliphatic rings. The Hall–Kier alpha value is -1.53. The van der Waals surface area contributed by atoms with Crippen LogP contribution in [0.25, 0.3) is 11.0 Å². The molecule has 1 aromatic carbocycles. The van der Waals surface area contributed by atoms with Gasteiger partial charge >= 0.3 is 0 Å². The van der Waals surface area contributed by atoms with Crippen LogP contribution in [0.1, 0.15) is 30.1 Å². The van der Waals surface area contributed by atoms with Gasteiger partial charge in [0.15, 0.2) is 5.58 Å². The molecule has 0 aliphatic heterocycles. The molecule has 0 radical (unpaired) electrons. The van der Waals surface area contributed by atoms with Crippen LogP contribution in [0.3, 0.4) is 0 Å². The van der Waals surface area contributed by atoms with Gasteiger partial charge in [-0.15, -0.1) is 0 Å².